The largest absolute Gasteiger partial charge is 0.478 e. The molecule has 0 radical (unpaired) electrons. The van der Waals surface area contributed by atoms with Crippen LogP contribution in [0.15, 0.2) is 70.5 Å². The predicted octanol–water partition coefficient (Wildman–Crippen LogP) is 3.94. The Morgan fingerprint density at radius 3 is 2.39 bits per heavy atom. The van der Waals surface area contributed by atoms with Crippen LogP contribution in [0, 0.1) is 0 Å². The highest BCUT2D eigenvalue weighted by Crippen LogP contribution is 2.30. The molecular formula is C15H12O2S. The third-order valence-electron chi connectivity index (χ3n) is 2.30. The number of hydrogen-bond donors (Lipinski definition) is 1. The summed E-state index contributed by atoms with van der Waals surface area (Å²) < 4.78 is 0. The molecule has 0 atom stereocenters. The molecule has 2 rings (SSSR count). The molecule has 90 valence electrons. The highest BCUT2D eigenvalue weighted by molar-refractivity contribution is 7.99. The molecule has 0 aliphatic heterocycles. The molecule has 3 heteroatoms. The van der Waals surface area contributed by atoms with Crippen molar-refractivity contribution in [2.24, 2.45) is 0 Å². The quantitative estimate of drug-likeness (QED) is 0.842. The lowest BCUT2D eigenvalue weighted by Gasteiger charge is -2.05. The average molecular weight is 256 g/mol. The van der Waals surface area contributed by atoms with Gasteiger partial charge in [-0.2, -0.15) is 0 Å². The van der Waals surface area contributed by atoms with E-state index >= 15 is 0 Å². The van der Waals surface area contributed by atoms with Crippen molar-refractivity contribution >= 4 is 23.8 Å². The molecule has 0 fully saturated rings. The lowest BCUT2D eigenvalue weighted by molar-refractivity contribution is -0.131. The molecule has 0 unspecified atom stereocenters. The Labute approximate surface area is 110 Å². The minimum atomic E-state index is -0.936. The Balaban J connectivity index is 2.25. The molecular weight excluding hydrogens is 244 g/mol. The SMILES string of the molecule is O=C(O)C=Cc1ccccc1Sc1ccccc1. The lowest BCUT2D eigenvalue weighted by Crippen LogP contribution is -1.86. The normalized spacial score (nSPS) is 10.7. The Kier molecular flexibility index (Phi) is 4.20. The molecule has 0 aliphatic carbocycles. The van der Waals surface area contributed by atoms with Crippen LogP contribution in [-0.4, -0.2) is 11.1 Å². The zero-order valence-corrected chi connectivity index (χ0v) is 10.4. The zero-order valence-electron chi connectivity index (χ0n) is 9.61. The van der Waals surface area contributed by atoms with Crippen molar-refractivity contribution in [3.8, 4) is 0 Å². The van der Waals surface area contributed by atoms with Crippen LogP contribution in [-0.2, 0) is 4.79 Å². The van der Waals surface area contributed by atoms with E-state index in [2.05, 4.69) is 0 Å². The molecule has 1 N–H and O–H groups in total. The van der Waals surface area contributed by atoms with Gasteiger partial charge in [0.05, 0.1) is 0 Å². The van der Waals surface area contributed by atoms with Crippen LogP contribution in [0.5, 0.6) is 0 Å². The van der Waals surface area contributed by atoms with Crippen LogP contribution in [0.3, 0.4) is 0 Å². The smallest absolute Gasteiger partial charge is 0.328 e. The molecule has 0 aliphatic rings. The van der Waals surface area contributed by atoms with E-state index in [1.54, 1.807) is 17.8 Å². The Hall–Kier alpha value is -2.00. The maximum atomic E-state index is 10.5. The molecule has 0 spiro atoms. The first-order valence-electron chi connectivity index (χ1n) is 5.48. The second kappa shape index (κ2) is 6.07. The van der Waals surface area contributed by atoms with Gasteiger partial charge in [0, 0.05) is 15.9 Å². The first kappa shape index (κ1) is 12.5. The number of carboxylic acids is 1. The van der Waals surface area contributed by atoms with Gasteiger partial charge < -0.3 is 5.11 Å². The van der Waals surface area contributed by atoms with Crippen LogP contribution in [0.1, 0.15) is 5.56 Å². The van der Waals surface area contributed by atoms with Gasteiger partial charge in [0.25, 0.3) is 0 Å². The second-order valence-electron chi connectivity index (χ2n) is 3.62. The highest BCUT2D eigenvalue weighted by atomic mass is 32.2. The second-order valence-corrected chi connectivity index (χ2v) is 4.74. The van der Waals surface area contributed by atoms with Crippen LogP contribution in [0.4, 0.5) is 0 Å². The summed E-state index contributed by atoms with van der Waals surface area (Å²) in [6.07, 6.45) is 2.78. The lowest BCUT2D eigenvalue weighted by atomic mass is 10.2. The molecule has 0 amide bonds. The van der Waals surface area contributed by atoms with Gasteiger partial charge in [-0.05, 0) is 29.8 Å². The van der Waals surface area contributed by atoms with Crippen LogP contribution in [0.25, 0.3) is 6.08 Å². The Morgan fingerprint density at radius 1 is 1.00 bits per heavy atom. The van der Waals surface area contributed by atoms with Crippen molar-refractivity contribution in [1.29, 1.82) is 0 Å². The summed E-state index contributed by atoms with van der Waals surface area (Å²) in [6, 6.07) is 17.7. The van der Waals surface area contributed by atoms with E-state index < -0.39 is 5.97 Å². The van der Waals surface area contributed by atoms with E-state index in [0.29, 0.717) is 0 Å². The van der Waals surface area contributed by atoms with E-state index in [1.807, 2.05) is 54.6 Å². The third kappa shape index (κ3) is 3.50. The van der Waals surface area contributed by atoms with Gasteiger partial charge in [-0.15, -0.1) is 0 Å². The topological polar surface area (TPSA) is 37.3 Å². The van der Waals surface area contributed by atoms with E-state index in [4.69, 9.17) is 5.11 Å². The third-order valence-corrected chi connectivity index (χ3v) is 3.40. The van der Waals surface area contributed by atoms with Crippen molar-refractivity contribution in [2.75, 3.05) is 0 Å². The summed E-state index contributed by atoms with van der Waals surface area (Å²) >= 11 is 1.62. The van der Waals surface area contributed by atoms with Crippen LogP contribution in [0.2, 0.25) is 0 Å². The first-order chi connectivity index (χ1) is 8.75. The maximum absolute atomic E-state index is 10.5. The summed E-state index contributed by atoms with van der Waals surface area (Å²) in [4.78, 5) is 12.7. The standard InChI is InChI=1S/C15H12O2S/c16-15(17)11-10-12-6-4-5-9-14(12)18-13-7-2-1-3-8-13/h1-11H,(H,16,17). The van der Waals surface area contributed by atoms with Gasteiger partial charge in [-0.3, -0.25) is 0 Å². The number of carboxylic acid groups (broad SMARTS) is 1. The van der Waals surface area contributed by atoms with Crippen molar-refractivity contribution in [2.45, 2.75) is 9.79 Å². The summed E-state index contributed by atoms with van der Waals surface area (Å²) in [7, 11) is 0. The molecule has 18 heavy (non-hydrogen) atoms. The molecule has 0 aromatic heterocycles. The monoisotopic (exact) mass is 256 g/mol. The number of hydrogen-bond acceptors (Lipinski definition) is 2. The molecule has 2 nitrogen and oxygen atoms in total. The minimum absolute atomic E-state index is 0.911. The Bertz CT molecular complexity index is 562. The zero-order chi connectivity index (χ0) is 12.8. The van der Waals surface area contributed by atoms with Crippen LogP contribution >= 0.6 is 11.8 Å². The number of aliphatic carboxylic acids is 1. The van der Waals surface area contributed by atoms with Gasteiger partial charge in [-0.1, -0.05) is 48.2 Å². The van der Waals surface area contributed by atoms with Crippen molar-refractivity contribution in [3.63, 3.8) is 0 Å². The molecule has 2 aromatic carbocycles. The fourth-order valence-electron chi connectivity index (χ4n) is 1.49. The molecule has 0 saturated carbocycles. The minimum Gasteiger partial charge on any atom is -0.478 e. The number of carbonyl (C=O) groups is 1. The van der Waals surface area contributed by atoms with E-state index in [0.717, 1.165) is 21.4 Å². The fourth-order valence-corrected chi connectivity index (χ4v) is 2.44. The van der Waals surface area contributed by atoms with Crippen molar-refractivity contribution < 1.29 is 9.90 Å². The van der Waals surface area contributed by atoms with Gasteiger partial charge in [0.15, 0.2) is 0 Å². The summed E-state index contributed by atoms with van der Waals surface area (Å²) in [5.74, 6) is -0.936. The molecule has 0 heterocycles. The van der Waals surface area contributed by atoms with E-state index in [-0.39, 0.29) is 0 Å². The first-order valence-corrected chi connectivity index (χ1v) is 6.30. The maximum Gasteiger partial charge on any atom is 0.328 e. The summed E-state index contributed by atoms with van der Waals surface area (Å²) in [5.41, 5.74) is 0.911. The van der Waals surface area contributed by atoms with Crippen molar-refractivity contribution in [1.82, 2.24) is 0 Å². The molecule has 2 aromatic rings. The molecule has 0 bridgehead atoms. The Morgan fingerprint density at radius 2 is 1.67 bits per heavy atom. The van der Waals surface area contributed by atoms with E-state index in [9.17, 15) is 4.79 Å². The van der Waals surface area contributed by atoms with Crippen molar-refractivity contribution in [3.05, 3.63) is 66.2 Å². The summed E-state index contributed by atoms with van der Waals surface area (Å²) in [6.45, 7) is 0. The number of rotatable bonds is 4. The van der Waals surface area contributed by atoms with Crippen LogP contribution < -0.4 is 0 Å². The fraction of sp³-hybridized carbons (Fsp3) is 0. The molecule has 0 saturated heterocycles. The van der Waals surface area contributed by atoms with E-state index in [1.165, 1.54) is 0 Å². The number of benzene rings is 2. The predicted molar refractivity (Wildman–Crippen MR) is 73.7 cm³/mol. The van der Waals surface area contributed by atoms with Gasteiger partial charge in [-0.25, -0.2) is 4.79 Å². The van der Waals surface area contributed by atoms with Gasteiger partial charge in [0.2, 0.25) is 0 Å². The average Bonchev–Trinajstić information content (AvgIpc) is 2.39. The van der Waals surface area contributed by atoms with Gasteiger partial charge >= 0.3 is 5.97 Å². The van der Waals surface area contributed by atoms with Gasteiger partial charge in [0.1, 0.15) is 0 Å². The highest BCUT2D eigenvalue weighted by Gasteiger charge is 2.01. The summed E-state index contributed by atoms with van der Waals surface area (Å²) in [5, 5.41) is 8.66.